The van der Waals surface area contributed by atoms with Crippen molar-refractivity contribution < 1.29 is 4.79 Å². The van der Waals surface area contributed by atoms with Crippen molar-refractivity contribution in [1.29, 1.82) is 0 Å². The molecule has 0 aliphatic heterocycles. The Morgan fingerprint density at radius 1 is 1.10 bits per heavy atom. The molecule has 0 saturated carbocycles. The van der Waals surface area contributed by atoms with Gasteiger partial charge in [0.2, 0.25) is 0 Å². The molecule has 0 bridgehead atoms. The van der Waals surface area contributed by atoms with Crippen molar-refractivity contribution in [1.82, 2.24) is 0 Å². The van der Waals surface area contributed by atoms with Gasteiger partial charge in [0.05, 0.1) is 5.02 Å². The lowest BCUT2D eigenvalue weighted by molar-refractivity contribution is 0.0909. The Bertz CT molecular complexity index is 660. The lowest BCUT2D eigenvalue weighted by Crippen LogP contribution is -2.23. The van der Waals surface area contributed by atoms with Crippen LogP contribution in [0, 0.1) is 12.8 Å². The molecule has 1 atom stereocenters. The van der Waals surface area contributed by atoms with Crippen molar-refractivity contribution in [2.45, 2.75) is 26.2 Å². The molecule has 102 valence electrons. The molecule has 0 fully saturated rings. The number of hydrogen-bond acceptors (Lipinski definition) is 1. The number of hydrogen-bond donors (Lipinski definition) is 0. The third-order valence-corrected chi connectivity index (χ3v) is 4.68. The lowest BCUT2D eigenvalue weighted by Gasteiger charge is -2.24. The Balaban J connectivity index is 1.88. The predicted molar refractivity (Wildman–Crippen MR) is 82.5 cm³/mol. The first kappa shape index (κ1) is 13.4. The Morgan fingerprint density at radius 2 is 1.85 bits per heavy atom. The van der Waals surface area contributed by atoms with Crippen LogP contribution in [0.25, 0.3) is 0 Å². The first-order valence-electron chi connectivity index (χ1n) is 7.03. The monoisotopic (exact) mass is 284 g/mol. The molecule has 0 amide bonds. The van der Waals surface area contributed by atoms with Crippen LogP contribution in [0.5, 0.6) is 0 Å². The number of benzene rings is 2. The fourth-order valence-electron chi connectivity index (χ4n) is 2.98. The second-order valence-electron chi connectivity index (χ2n) is 5.51. The van der Waals surface area contributed by atoms with Gasteiger partial charge in [-0.05, 0) is 48.9 Å². The normalized spacial score (nSPS) is 17.6. The number of Topliss-reactive ketones (excluding diaryl/α,β-unsaturated/α-hetero) is 1. The average Bonchev–Trinajstić information content (AvgIpc) is 2.49. The quantitative estimate of drug-likeness (QED) is 0.735. The number of aryl methyl sites for hydroxylation is 2. The van der Waals surface area contributed by atoms with Crippen LogP contribution < -0.4 is 0 Å². The molecule has 2 heteroatoms. The van der Waals surface area contributed by atoms with Gasteiger partial charge in [0.15, 0.2) is 5.78 Å². The maximum absolute atomic E-state index is 12.7. The minimum atomic E-state index is 0.0594. The molecule has 1 unspecified atom stereocenters. The van der Waals surface area contributed by atoms with Crippen molar-refractivity contribution in [3.05, 3.63) is 69.7 Å². The molecule has 0 radical (unpaired) electrons. The van der Waals surface area contributed by atoms with Crippen molar-refractivity contribution in [3.8, 4) is 0 Å². The van der Waals surface area contributed by atoms with Gasteiger partial charge in [0.1, 0.15) is 0 Å². The van der Waals surface area contributed by atoms with Gasteiger partial charge in [-0.2, -0.15) is 0 Å². The molecule has 3 rings (SSSR count). The molecule has 0 N–H and O–H groups in total. The van der Waals surface area contributed by atoms with Crippen molar-refractivity contribution in [2.24, 2.45) is 5.92 Å². The molecule has 2 aromatic carbocycles. The highest BCUT2D eigenvalue weighted by molar-refractivity contribution is 6.34. The molecule has 0 heterocycles. The van der Waals surface area contributed by atoms with E-state index >= 15 is 0 Å². The van der Waals surface area contributed by atoms with E-state index in [1.54, 1.807) is 0 Å². The summed E-state index contributed by atoms with van der Waals surface area (Å²) in [7, 11) is 0. The molecule has 1 nitrogen and oxygen atoms in total. The van der Waals surface area contributed by atoms with Gasteiger partial charge in [-0.25, -0.2) is 0 Å². The number of halogens is 1. The maximum Gasteiger partial charge on any atom is 0.167 e. The van der Waals surface area contributed by atoms with Gasteiger partial charge in [0, 0.05) is 11.5 Å². The fourth-order valence-corrected chi connectivity index (χ4v) is 3.20. The molecule has 20 heavy (non-hydrogen) atoms. The van der Waals surface area contributed by atoms with Crippen LogP contribution in [-0.2, 0) is 12.8 Å². The predicted octanol–water partition coefficient (Wildman–Crippen LogP) is 4.64. The standard InChI is InChI=1S/C18H17ClO/c1-12-5-4-8-16(17(12)19)18(20)15-10-9-13-6-2-3-7-14(13)11-15/h2-8,15H,9-11H2,1H3. The minimum absolute atomic E-state index is 0.0594. The van der Waals surface area contributed by atoms with Crippen LogP contribution in [0.4, 0.5) is 0 Å². The van der Waals surface area contributed by atoms with Gasteiger partial charge in [-0.15, -0.1) is 0 Å². The van der Waals surface area contributed by atoms with Crippen LogP contribution >= 0.6 is 11.6 Å². The summed E-state index contributed by atoms with van der Waals surface area (Å²) in [6.07, 6.45) is 2.73. The second kappa shape index (κ2) is 5.41. The number of carbonyl (C=O) groups excluding carboxylic acids is 1. The van der Waals surface area contributed by atoms with E-state index < -0.39 is 0 Å². The zero-order chi connectivity index (χ0) is 14.1. The summed E-state index contributed by atoms with van der Waals surface area (Å²) in [6, 6.07) is 14.1. The van der Waals surface area contributed by atoms with Crippen molar-refractivity contribution >= 4 is 17.4 Å². The summed E-state index contributed by atoms with van der Waals surface area (Å²) in [5, 5.41) is 0.608. The Hall–Kier alpha value is -1.60. The van der Waals surface area contributed by atoms with Gasteiger partial charge in [0.25, 0.3) is 0 Å². The highest BCUT2D eigenvalue weighted by atomic mass is 35.5. The summed E-state index contributed by atoms with van der Waals surface area (Å²) < 4.78 is 0. The Labute approximate surface area is 124 Å². The zero-order valence-electron chi connectivity index (χ0n) is 11.5. The van der Waals surface area contributed by atoms with Crippen LogP contribution in [0.15, 0.2) is 42.5 Å². The largest absolute Gasteiger partial charge is 0.294 e. The van der Waals surface area contributed by atoms with E-state index in [0.717, 1.165) is 24.8 Å². The molecular formula is C18H17ClO. The Kier molecular flexibility index (Phi) is 3.62. The van der Waals surface area contributed by atoms with Crippen LogP contribution in [0.1, 0.15) is 33.5 Å². The number of rotatable bonds is 2. The van der Waals surface area contributed by atoms with Gasteiger partial charge in [-0.1, -0.05) is 48.0 Å². The van der Waals surface area contributed by atoms with E-state index in [9.17, 15) is 4.79 Å². The molecular weight excluding hydrogens is 268 g/mol. The molecule has 0 spiro atoms. The van der Waals surface area contributed by atoms with Gasteiger partial charge in [-0.3, -0.25) is 4.79 Å². The smallest absolute Gasteiger partial charge is 0.167 e. The van der Waals surface area contributed by atoms with Crippen LogP contribution in [0.3, 0.4) is 0 Å². The molecule has 0 aromatic heterocycles. The van der Waals surface area contributed by atoms with E-state index in [1.165, 1.54) is 11.1 Å². The van der Waals surface area contributed by atoms with Crippen LogP contribution in [-0.4, -0.2) is 5.78 Å². The molecule has 1 aliphatic rings. The minimum Gasteiger partial charge on any atom is -0.294 e. The summed E-state index contributed by atoms with van der Waals surface area (Å²) in [5.74, 6) is 0.248. The third kappa shape index (κ3) is 2.38. The number of carbonyl (C=O) groups is 1. The molecule has 1 aliphatic carbocycles. The van der Waals surface area contributed by atoms with Gasteiger partial charge < -0.3 is 0 Å². The van der Waals surface area contributed by atoms with Crippen molar-refractivity contribution in [2.75, 3.05) is 0 Å². The third-order valence-electron chi connectivity index (χ3n) is 4.17. The maximum atomic E-state index is 12.7. The SMILES string of the molecule is Cc1cccc(C(=O)C2CCc3ccccc3C2)c1Cl. The molecule has 0 saturated heterocycles. The highest BCUT2D eigenvalue weighted by Crippen LogP contribution is 2.30. The topological polar surface area (TPSA) is 17.1 Å². The van der Waals surface area contributed by atoms with E-state index in [4.69, 9.17) is 11.6 Å². The number of ketones is 1. The number of fused-ring (bicyclic) bond motifs is 1. The first-order chi connectivity index (χ1) is 9.66. The summed E-state index contributed by atoms with van der Waals surface area (Å²) in [4.78, 5) is 12.7. The van der Waals surface area contributed by atoms with Crippen LogP contribution in [0.2, 0.25) is 5.02 Å². The van der Waals surface area contributed by atoms with Crippen molar-refractivity contribution in [3.63, 3.8) is 0 Å². The fraction of sp³-hybridized carbons (Fsp3) is 0.278. The second-order valence-corrected chi connectivity index (χ2v) is 5.89. The average molecular weight is 285 g/mol. The van der Waals surface area contributed by atoms with E-state index in [0.29, 0.717) is 10.6 Å². The lowest BCUT2D eigenvalue weighted by atomic mass is 9.80. The zero-order valence-corrected chi connectivity index (χ0v) is 12.3. The van der Waals surface area contributed by atoms with E-state index in [2.05, 4.69) is 18.2 Å². The summed E-state index contributed by atoms with van der Waals surface area (Å²) in [6.45, 7) is 1.94. The Morgan fingerprint density at radius 3 is 2.65 bits per heavy atom. The van der Waals surface area contributed by atoms with Gasteiger partial charge >= 0.3 is 0 Å². The first-order valence-corrected chi connectivity index (χ1v) is 7.40. The van der Waals surface area contributed by atoms with E-state index in [1.807, 2.05) is 31.2 Å². The summed E-state index contributed by atoms with van der Waals surface area (Å²) in [5.41, 5.74) is 4.33. The molecule has 2 aromatic rings. The summed E-state index contributed by atoms with van der Waals surface area (Å²) >= 11 is 6.29. The highest BCUT2D eigenvalue weighted by Gasteiger charge is 2.26. The van der Waals surface area contributed by atoms with E-state index in [-0.39, 0.29) is 11.7 Å².